The maximum atomic E-state index is 3.74. The first-order chi connectivity index (χ1) is 5.61. The minimum absolute atomic E-state index is 1.02. The SMILES string of the molecule is C=CC/C(=C\C)CC(C)=C(C)C. The topological polar surface area (TPSA) is 0 Å². The second-order valence-corrected chi connectivity index (χ2v) is 3.40. The van der Waals surface area contributed by atoms with E-state index in [1.807, 2.05) is 6.08 Å². The monoisotopic (exact) mass is 164 g/mol. The highest BCUT2D eigenvalue weighted by Crippen LogP contribution is 2.16. The summed E-state index contributed by atoms with van der Waals surface area (Å²) in [7, 11) is 0. The Hall–Kier alpha value is -0.780. The van der Waals surface area contributed by atoms with Gasteiger partial charge in [-0.05, 0) is 40.5 Å². The molecule has 0 heterocycles. The van der Waals surface area contributed by atoms with Crippen molar-refractivity contribution >= 4 is 0 Å². The quantitative estimate of drug-likeness (QED) is 0.545. The molecule has 0 fully saturated rings. The van der Waals surface area contributed by atoms with E-state index in [0.717, 1.165) is 12.8 Å². The average molecular weight is 164 g/mol. The van der Waals surface area contributed by atoms with Gasteiger partial charge in [0.25, 0.3) is 0 Å². The van der Waals surface area contributed by atoms with Gasteiger partial charge in [-0.1, -0.05) is 28.9 Å². The van der Waals surface area contributed by atoms with E-state index < -0.39 is 0 Å². The molecule has 0 aromatic heterocycles. The molecular weight excluding hydrogens is 144 g/mol. The van der Waals surface area contributed by atoms with E-state index in [1.165, 1.54) is 16.7 Å². The molecule has 0 aromatic rings. The van der Waals surface area contributed by atoms with Crippen LogP contribution < -0.4 is 0 Å². The molecule has 0 bridgehead atoms. The predicted molar refractivity (Wildman–Crippen MR) is 57.2 cm³/mol. The van der Waals surface area contributed by atoms with E-state index in [9.17, 15) is 0 Å². The highest BCUT2D eigenvalue weighted by atomic mass is 14.0. The lowest BCUT2D eigenvalue weighted by atomic mass is 10.0. The summed E-state index contributed by atoms with van der Waals surface area (Å²) >= 11 is 0. The molecule has 0 aliphatic rings. The molecule has 0 aliphatic heterocycles. The summed E-state index contributed by atoms with van der Waals surface area (Å²) in [6.07, 6.45) is 6.27. The Kier molecular flexibility index (Phi) is 5.44. The Morgan fingerprint density at radius 3 is 2.17 bits per heavy atom. The Balaban J connectivity index is 4.23. The van der Waals surface area contributed by atoms with Gasteiger partial charge in [0.1, 0.15) is 0 Å². The lowest BCUT2D eigenvalue weighted by Crippen LogP contribution is -1.86. The van der Waals surface area contributed by atoms with E-state index in [0.29, 0.717) is 0 Å². The fraction of sp³-hybridized carbons (Fsp3) is 0.500. The summed E-state index contributed by atoms with van der Waals surface area (Å²) in [4.78, 5) is 0. The van der Waals surface area contributed by atoms with Gasteiger partial charge in [0, 0.05) is 0 Å². The standard InChI is InChI=1S/C12H20/c1-6-8-12(7-2)9-11(5)10(3)4/h6-7H,1,8-9H2,2-5H3/b12-7+. The lowest BCUT2D eigenvalue weighted by Gasteiger charge is -2.06. The van der Waals surface area contributed by atoms with Gasteiger partial charge in [-0.3, -0.25) is 0 Å². The van der Waals surface area contributed by atoms with Crippen LogP contribution in [0.4, 0.5) is 0 Å². The fourth-order valence-electron chi connectivity index (χ4n) is 0.995. The van der Waals surface area contributed by atoms with Crippen LogP contribution in [0.1, 0.15) is 40.5 Å². The number of hydrogen-bond donors (Lipinski definition) is 0. The van der Waals surface area contributed by atoms with Gasteiger partial charge in [0.2, 0.25) is 0 Å². The summed E-state index contributed by atoms with van der Waals surface area (Å²) < 4.78 is 0. The molecule has 0 saturated heterocycles. The third-order valence-electron chi connectivity index (χ3n) is 2.16. The van der Waals surface area contributed by atoms with Crippen LogP contribution in [-0.4, -0.2) is 0 Å². The number of hydrogen-bond acceptors (Lipinski definition) is 0. The van der Waals surface area contributed by atoms with Crippen molar-refractivity contribution in [3.63, 3.8) is 0 Å². The summed E-state index contributed by atoms with van der Waals surface area (Å²) in [5.74, 6) is 0. The van der Waals surface area contributed by atoms with Gasteiger partial charge < -0.3 is 0 Å². The molecule has 0 saturated carbocycles. The molecule has 0 rings (SSSR count). The second-order valence-electron chi connectivity index (χ2n) is 3.40. The predicted octanol–water partition coefficient (Wildman–Crippen LogP) is 4.26. The third kappa shape index (κ3) is 4.17. The molecule has 0 N–H and O–H groups in total. The van der Waals surface area contributed by atoms with Gasteiger partial charge in [0.15, 0.2) is 0 Å². The Bertz CT molecular complexity index is 200. The maximum absolute atomic E-state index is 3.74. The first-order valence-corrected chi connectivity index (χ1v) is 4.49. The largest absolute Gasteiger partial charge is 0.103 e. The zero-order valence-corrected chi connectivity index (χ0v) is 8.78. The minimum Gasteiger partial charge on any atom is -0.103 e. The van der Waals surface area contributed by atoms with Crippen molar-refractivity contribution in [1.82, 2.24) is 0 Å². The second kappa shape index (κ2) is 5.82. The zero-order chi connectivity index (χ0) is 9.56. The molecule has 0 unspecified atom stereocenters. The highest BCUT2D eigenvalue weighted by Gasteiger charge is 1.96. The number of rotatable bonds is 4. The first-order valence-electron chi connectivity index (χ1n) is 4.49. The Morgan fingerprint density at radius 2 is 1.83 bits per heavy atom. The van der Waals surface area contributed by atoms with Crippen LogP contribution in [0, 0.1) is 0 Å². The first kappa shape index (κ1) is 11.2. The molecule has 0 atom stereocenters. The van der Waals surface area contributed by atoms with Crippen molar-refractivity contribution < 1.29 is 0 Å². The van der Waals surface area contributed by atoms with Crippen LogP contribution >= 0.6 is 0 Å². The molecule has 0 aromatic carbocycles. The molecule has 0 nitrogen and oxygen atoms in total. The molecule has 0 heteroatoms. The van der Waals surface area contributed by atoms with Crippen molar-refractivity contribution in [2.24, 2.45) is 0 Å². The third-order valence-corrected chi connectivity index (χ3v) is 2.16. The van der Waals surface area contributed by atoms with Gasteiger partial charge in [0.05, 0.1) is 0 Å². The molecule has 12 heavy (non-hydrogen) atoms. The normalized spacial score (nSPS) is 11.2. The lowest BCUT2D eigenvalue weighted by molar-refractivity contribution is 1.01. The van der Waals surface area contributed by atoms with Crippen LogP contribution in [0.2, 0.25) is 0 Å². The van der Waals surface area contributed by atoms with Gasteiger partial charge in [-0.2, -0.15) is 0 Å². The smallest absolute Gasteiger partial charge is 0.0106 e. The van der Waals surface area contributed by atoms with Crippen LogP contribution in [0.15, 0.2) is 35.5 Å². The summed E-state index contributed by atoms with van der Waals surface area (Å²) in [5.41, 5.74) is 4.37. The highest BCUT2D eigenvalue weighted by molar-refractivity contribution is 5.18. The average Bonchev–Trinajstić information content (AvgIpc) is 2.03. The fourth-order valence-corrected chi connectivity index (χ4v) is 0.995. The molecule has 0 amide bonds. The van der Waals surface area contributed by atoms with Crippen molar-refractivity contribution in [2.45, 2.75) is 40.5 Å². The van der Waals surface area contributed by atoms with Crippen molar-refractivity contribution in [3.8, 4) is 0 Å². The summed E-state index contributed by atoms with van der Waals surface area (Å²) in [5, 5.41) is 0. The van der Waals surface area contributed by atoms with E-state index in [-0.39, 0.29) is 0 Å². The minimum atomic E-state index is 1.02. The molecule has 0 radical (unpaired) electrons. The van der Waals surface area contributed by atoms with Crippen LogP contribution in [-0.2, 0) is 0 Å². The summed E-state index contributed by atoms with van der Waals surface area (Å²) in [6, 6.07) is 0. The van der Waals surface area contributed by atoms with Gasteiger partial charge in [-0.25, -0.2) is 0 Å². The Morgan fingerprint density at radius 1 is 1.25 bits per heavy atom. The number of allylic oxidation sites excluding steroid dienone is 5. The van der Waals surface area contributed by atoms with E-state index in [2.05, 4.69) is 40.3 Å². The van der Waals surface area contributed by atoms with Crippen LogP contribution in [0.5, 0.6) is 0 Å². The molecule has 68 valence electrons. The van der Waals surface area contributed by atoms with Crippen molar-refractivity contribution in [1.29, 1.82) is 0 Å². The van der Waals surface area contributed by atoms with E-state index >= 15 is 0 Å². The van der Waals surface area contributed by atoms with Crippen molar-refractivity contribution in [2.75, 3.05) is 0 Å². The van der Waals surface area contributed by atoms with E-state index in [4.69, 9.17) is 0 Å². The maximum Gasteiger partial charge on any atom is -0.0106 e. The molecule has 0 aliphatic carbocycles. The molecule has 0 spiro atoms. The van der Waals surface area contributed by atoms with Gasteiger partial charge in [-0.15, -0.1) is 6.58 Å². The van der Waals surface area contributed by atoms with Gasteiger partial charge >= 0.3 is 0 Å². The van der Waals surface area contributed by atoms with E-state index in [1.54, 1.807) is 0 Å². The summed E-state index contributed by atoms with van der Waals surface area (Å²) in [6.45, 7) is 12.4. The molecular formula is C12H20. The van der Waals surface area contributed by atoms with Crippen LogP contribution in [0.25, 0.3) is 0 Å². The van der Waals surface area contributed by atoms with Crippen molar-refractivity contribution in [3.05, 3.63) is 35.5 Å². The Labute approximate surface area is 76.7 Å². The van der Waals surface area contributed by atoms with Crippen LogP contribution in [0.3, 0.4) is 0 Å². The zero-order valence-electron chi connectivity index (χ0n) is 8.78.